The molecule has 6 nitrogen and oxygen atoms in total. The van der Waals surface area contributed by atoms with Gasteiger partial charge in [-0.3, -0.25) is 4.79 Å². The third-order valence-corrected chi connectivity index (χ3v) is 5.06. The molecule has 1 amide bonds. The molecular formula is C20H19F3N4O2. The van der Waals surface area contributed by atoms with Crippen molar-refractivity contribution in [2.75, 3.05) is 11.9 Å². The monoisotopic (exact) mass is 404 g/mol. The lowest BCUT2D eigenvalue weighted by atomic mass is 9.97. The molecule has 0 bridgehead atoms. The first kappa shape index (κ1) is 19.4. The quantitative estimate of drug-likeness (QED) is 0.717. The van der Waals surface area contributed by atoms with E-state index in [1.165, 1.54) is 0 Å². The highest BCUT2D eigenvalue weighted by Gasteiger charge is 2.43. The Hall–Kier alpha value is -2.94. The summed E-state index contributed by atoms with van der Waals surface area (Å²) in [6.07, 6.45) is -1.76. The number of benzene rings is 1. The van der Waals surface area contributed by atoms with E-state index in [0.29, 0.717) is 11.5 Å². The number of aryl methyl sites for hydroxylation is 1. The van der Waals surface area contributed by atoms with Gasteiger partial charge in [0.05, 0.1) is 24.2 Å². The van der Waals surface area contributed by atoms with Crippen LogP contribution in [-0.4, -0.2) is 39.4 Å². The van der Waals surface area contributed by atoms with Gasteiger partial charge in [-0.2, -0.15) is 13.2 Å². The summed E-state index contributed by atoms with van der Waals surface area (Å²) in [5.41, 5.74) is 3.05. The third-order valence-electron chi connectivity index (χ3n) is 5.06. The molecular weight excluding hydrogens is 385 g/mol. The first-order valence-electron chi connectivity index (χ1n) is 9.22. The van der Waals surface area contributed by atoms with Gasteiger partial charge >= 0.3 is 6.18 Å². The van der Waals surface area contributed by atoms with Crippen molar-refractivity contribution in [2.24, 2.45) is 5.92 Å². The largest absolute Gasteiger partial charge is 0.394 e. The van der Waals surface area contributed by atoms with E-state index in [2.05, 4.69) is 15.4 Å². The summed E-state index contributed by atoms with van der Waals surface area (Å²) in [5.74, 6) is -1.47. The number of ether oxygens (including phenoxy) is 1. The Kier molecular flexibility index (Phi) is 4.99. The van der Waals surface area contributed by atoms with Gasteiger partial charge in [0.2, 0.25) is 0 Å². The highest BCUT2D eigenvalue weighted by atomic mass is 19.4. The van der Waals surface area contributed by atoms with Gasteiger partial charge < -0.3 is 10.1 Å². The van der Waals surface area contributed by atoms with Crippen LogP contribution in [0.3, 0.4) is 0 Å². The van der Waals surface area contributed by atoms with Crippen molar-refractivity contribution in [3.8, 4) is 11.4 Å². The van der Waals surface area contributed by atoms with Crippen LogP contribution in [0.15, 0.2) is 42.7 Å². The molecule has 0 saturated carbocycles. The maximum absolute atomic E-state index is 12.7. The summed E-state index contributed by atoms with van der Waals surface area (Å²) in [6, 6.07) is 9.06. The maximum Gasteiger partial charge on any atom is 0.394 e. The Morgan fingerprint density at radius 2 is 2.10 bits per heavy atom. The summed E-state index contributed by atoms with van der Waals surface area (Å²) in [7, 11) is 0. The molecule has 1 aromatic carbocycles. The summed E-state index contributed by atoms with van der Waals surface area (Å²) < 4.78 is 45.1. The third kappa shape index (κ3) is 4.09. The Morgan fingerprint density at radius 3 is 2.83 bits per heavy atom. The van der Waals surface area contributed by atoms with Crippen molar-refractivity contribution in [1.29, 1.82) is 0 Å². The first-order valence-corrected chi connectivity index (χ1v) is 9.22. The van der Waals surface area contributed by atoms with Gasteiger partial charge in [-0.25, -0.2) is 9.50 Å². The normalized spacial score (nSPS) is 20.0. The highest BCUT2D eigenvalue weighted by Crippen LogP contribution is 2.34. The Labute approximate surface area is 164 Å². The van der Waals surface area contributed by atoms with Crippen LogP contribution in [0.4, 0.5) is 18.9 Å². The molecule has 0 aliphatic carbocycles. The van der Waals surface area contributed by atoms with Gasteiger partial charge in [0, 0.05) is 17.4 Å². The van der Waals surface area contributed by atoms with Crippen LogP contribution in [-0.2, 0) is 9.53 Å². The Morgan fingerprint density at radius 1 is 1.28 bits per heavy atom. The number of aromatic nitrogens is 3. The number of fused-ring (bicyclic) bond motifs is 1. The molecule has 9 heteroatoms. The van der Waals surface area contributed by atoms with E-state index in [-0.39, 0.29) is 12.8 Å². The average molecular weight is 404 g/mol. The molecule has 3 heterocycles. The van der Waals surface area contributed by atoms with Crippen molar-refractivity contribution >= 4 is 17.1 Å². The van der Waals surface area contributed by atoms with E-state index in [1.807, 2.05) is 31.3 Å². The Balaban J connectivity index is 1.48. The fraction of sp³-hybridized carbons (Fsp3) is 0.350. The molecule has 152 valence electrons. The molecule has 0 radical (unpaired) electrons. The summed E-state index contributed by atoms with van der Waals surface area (Å²) in [5, 5.41) is 7.20. The minimum atomic E-state index is -4.30. The number of halogens is 3. The van der Waals surface area contributed by atoms with Gasteiger partial charge in [-0.15, -0.1) is 5.10 Å². The number of amides is 1. The maximum atomic E-state index is 12.7. The first-order chi connectivity index (χ1) is 13.8. The molecule has 4 rings (SSSR count). The topological polar surface area (TPSA) is 68.5 Å². The van der Waals surface area contributed by atoms with E-state index in [1.54, 1.807) is 22.8 Å². The molecule has 1 aliphatic rings. The molecule has 0 spiro atoms. The lowest BCUT2D eigenvalue weighted by Crippen LogP contribution is -2.40. The number of anilines is 1. The van der Waals surface area contributed by atoms with Crippen LogP contribution in [0.2, 0.25) is 0 Å². The number of nitrogens with zero attached hydrogens (tertiary/aromatic N) is 3. The number of rotatable bonds is 3. The van der Waals surface area contributed by atoms with Crippen LogP contribution in [0.25, 0.3) is 16.9 Å². The smallest absolute Gasteiger partial charge is 0.368 e. The molecule has 1 saturated heterocycles. The van der Waals surface area contributed by atoms with Crippen LogP contribution in [0, 0.1) is 12.8 Å². The molecule has 1 aliphatic heterocycles. The van der Waals surface area contributed by atoms with Gasteiger partial charge in [0.1, 0.15) is 6.10 Å². The van der Waals surface area contributed by atoms with Gasteiger partial charge in [-0.1, -0.05) is 6.07 Å². The minimum absolute atomic E-state index is 0.0299. The van der Waals surface area contributed by atoms with E-state index < -0.39 is 30.7 Å². The molecule has 29 heavy (non-hydrogen) atoms. The summed E-state index contributed by atoms with van der Waals surface area (Å²) >= 11 is 0. The van der Waals surface area contributed by atoms with Gasteiger partial charge in [0.25, 0.3) is 5.91 Å². The van der Waals surface area contributed by atoms with Gasteiger partial charge in [-0.05, 0) is 49.6 Å². The highest BCUT2D eigenvalue weighted by molar-refractivity contribution is 5.94. The minimum Gasteiger partial charge on any atom is -0.368 e. The molecule has 0 unspecified atom stereocenters. The predicted octanol–water partition coefficient (Wildman–Crippen LogP) is 4.00. The second-order valence-electron chi connectivity index (χ2n) is 7.12. The van der Waals surface area contributed by atoms with E-state index in [4.69, 9.17) is 4.74 Å². The molecule has 2 atom stereocenters. The molecule has 3 aromatic rings. The second kappa shape index (κ2) is 7.47. The van der Waals surface area contributed by atoms with Crippen molar-refractivity contribution in [3.63, 3.8) is 0 Å². The second-order valence-corrected chi connectivity index (χ2v) is 7.12. The predicted molar refractivity (Wildman–Crippen MR) is 100 cm³/mol. The van der Waals surface area contributed by atoms with Crippen LogP contribution in [0.5, 0.6) is 0 Å². The lowest BCUT2D eigenvalue weighted by Gasteiger charge is -2.29. The van der Waals surface area contributed by atoms with Crippen molar-refractivity contribution in [1.82, 2.24) is 14.6 Å². The number of alkyl halides is 3. The zero-order valence-corrected chi connectivity index (χ0v) is 15.6. The number of hydrogen-bond donors (Lipinski definition) is 1. The molecule has 2 aromatic heterocycles. The van der Waals surface area contributed by atoms with E-state index in [0.717, 1.165) is 16.6 Å². The van der Waals surface area contributed by atoms with Crippen molar-refractivity contribution in [2.45, 2.75) is 32.0 Å². The van der Waals surface area contributed by atoms with Crippen molar-refractivity contribution < 1.29 is 22.7 Å². The Bertz CT molecular complexity index is 1040. The number of nitrogens with one attached hydrogen (secondary N) is 1. The van der Waals surface area contributed by atoms with Crippen LogP contribution >= 0.6 is 0 Å². The van der Waals surface area contributed by atoms with Crippen LogP contribution in [0.1, 0.15) is 18.4 Å². The average Bonchev–Trinajstić information content (AvgIpc) is 3.16. The molecule has 1 fully saturated rings. The SMILES string of the molecule is Cc1ccc(NC(=O)[C@H]2CC[C@@H](C(F)(F)F)CO2)cc1-c1ncc2cccn2n1. The summed E-state index contributed by atoms with van der Waals surface area (Å²) in [6.45, 7) is 1.41. The fourth-order valence-corrected chi connectivity index (χ4v) is 3.34. The zero-order valence-electron chi connectivity index (χ0n) is 15.6. The zero-order chi connectivity index (χ0) is 20.6. The number of hydrogen-bond acceptors (Lipinski definition) is 4. The standard InChI is InChI=1S/C20H19F3N4O2/c1-12-4-6-14(9-16(12)18-24-10-15-3-2-8-27(15)26-18)25-19(28)17-7-5-13(11-29-17)20(21,22)23/h2-4,6,8-10,13,17H,5,7,11H2,1H3,(H,25,28)/t13-,17-/m1/s1. The summed E-state index contributed by atoms with van der Waals surface area (Å²) in [4.78, 5) is 16.8. The number of carbonyl (C=O) groups is 1. The number of carbonyl (C=O) groups excluding carboxylic acids is 1. The molecule has 1 N–H and O–H groups in total. The lowest BCUT2D eigenvalue weighted by molar-refractivity contribution is -0.207. The van der Waals surface area contributed by atoms with Crippen LogP contribution < -0.4 is 5.32 Å². The van der Waals surface area contributed by atoms with E-state index >= 15 is 0 Å². The van der Waals surface area contributed by atoms with E-state index in [9.17, 15) is 18.0 Å². The fourth-order valence-electron chi connectivity index (χ4n) is 3.34. The van der Waals surface area contributed by atoms with Crippen molar-refractivity contribution in [3.05, 3.63) is 48.3 Å². The van der Waals surface area contributed by atoms with Gasteiger partial charge in [0.15, 0.2) is 5.82 Å².